The zero-order chi connectivity index (χ0) is 11.0. The molecule has 0 saturated carbocycles. The maximum atomic E-state index is 9.34. The van der Waals surface area contributed by atoms with Crippen molar-refractivity contribution in [3.63, 3.8) is 0 Å². The first-order chi connectivity index (χ1) is 7.09. The number of aromatic hydroxyl groups is 1. The summed E-state index contributed by atoms with van der Waals surface area (Å²) >= 11 is 0. The van der Waals surface area contributed by atoms with E-state index in [-0.39, 0.29) is 5.75 Å². The number of rotatable bonds is 2. The van der Waals surface area contributed by atoms with Crippen molar-refractivity contribution in [2.24, 2.45) is 5.73 Å². The third-order valence-corrected chi connectivity index (χ3v) is 1.97. The van der Waals surface area contributed by atoms with E-state index in [2.05, 4.69) is 4.98 Å². The van der Waals surface area contributed by atoms with Crippen LogP contribution >= 0.6 is 0 Å². The van der Waals surface area contributed by atoms with Crippen molar-refractivity contribution in [2.75, 3.05) is 6.52 Å². The number of aryl methyl sites for hydroxylation is 1. The lowest BCUT2D eigenvalue weighted by molar-refractivity contribution is 0.476. The molecule has 2 unspecified atom stereocenters. The quantitative estimate of drug-likeness (QED) is 0.610. The van der Waals surface area contributed by atoms with Gasteiger partial charge in [0.15, 0.2) is 0 Å². The van der Waals surface area contributed by atoms with E-state index in [1.54, 1.807) is 24.4 Å². The first-order valence-corrected chi connectivity index (χ1v) is 3.99. The molecule has 0 bridgehead atoms. The number of H-pyrrole nitrogens is 1. The molecule has 0 aliphatic carbocycles. The number of phenolic OH excluding ortho intramolecular Hbond substituents is 1. The number of hydrogen-bond donors (Lipinski definition) is 3. The molecule has 2 aromatic rings. The average Bonchev–Trinajstić information content (AvgIpc) is 2.59. The number of fused-ring (bicyclic) bond motifs is 1. The van der Waals surface area contributed by atoms with Gasteiger partial charge in [-0.2, -0.15) is 0 Å². The molecule has 1 aromatic carbocycles. The highest BCUT2D eigenvalue weighted by molar-refractivity contribution is 5.84. The molecule has 1 heterocycles. The highest BCUT2D eigenvalue weighted by Crippen LogP contribution is 2.22. The molecule has 4 N–H and O–H groups in total. The van der Waals surface area contributed by atoms with Crippen LogP contribution in [0.4, 0.5) is 0 Å². The Kier molecular flexibility index (Phi) is 1.44. The van der Waals surface area contributed by atoms with E-state index < -0.39 is 12.9 Å². The van der Waals surface area contributed by atoms with E-state index in [0.717, 1.165) is 10.9 Å². The van der Waals surface area contributed by atoms with Gasteiger partial charge in [0, 0.05) is 19.8 Å². The molecule has 3 heteroatoms. The molecule has 0 radical (unpaired) electrons. The fraction of sp³-hybridized carbons (Fsp3) is 0.200. The average molecular weight is 179 g/mol. The molecule has 0 aliphatic heterocycles. The lowest BCUT2D eigenvalue weighted by Crippen LogP contribution is -2.01. The van der Waals surface area contributed by atoms with Crippen LogP contribution in [0.25, 0.3) is 10.9 Å². The zero-order valence-corrected chi connectivity index (χ0v) is 6.99. The first kappa shape index (κ1) is 6.05. The van der Waals surface area contributed by atoms with Gasteiger partial charge in [-0.3, -0.25) is 0 Å². The molecule has 2 rings (SSSR count). The molecule has 0 amide bonds. The second-order valence-electron chi connectivity index (χ2n) is 2.83. The summed E-state index contributed by atoms with van der Waals surface area (Å²) in [4.78, 5) is 2.98. The van der Waals surface area contributed by atoms with Crippen LogP contribution in [0.1, 0.15) is 8.30 Å². The summed E-state index contributed by atoms with van der Waals surface area (Å²) < 4.78 is 15.0. The standard InChI is InChI=1S/C10H12N2O/c11-4-3-7-6-12-10-2-1-8(13)5-9(7)10/h1-2,5-6,12-13H,3-4,11H2/i3D,4+1D. The Hall–Kier alpha value is -1.48. The van der Waals surface area contributed by atoms with Crippen LogP contribution in [0.3, 0.4) is 0 Å². The third-order valence-electron chi connectivity index (χ3n) is 1.97. The van der Waals surface area contributed by atoms with Gasteiger partial charge in [0.1, 0.15) is 5.75 Å². The molecule has 0 fully saturated rings. The van der Waals surface area contributed by atoms with Crippen molar-refractivity contribution in [1.29, 1.82) is 0 Å². The van der Waals surface area contributed by atoms with Crippen LogP contribution in [-0.4, -0.2) is 16.6 Å². The van der Waals surface area contributed by atoms with Crippen molar-refractivity contribution in [1.82, 2.24) is 4.98 Å². The third kappa shape index (κ3) is 1.38. The fourth-order valence-corrected chi connectivity index (χ4v) is 1.37. The fourth-order valence-electron chi connectivity index (χ4n) is 1.37. The van der Waals surface area contributed by atoms with Gasteiger partial charge in [-0.05, 0) is 36.7 Å². The molecule has 0 spiro atoms. The Morgan fingerprint density at radius 2 is 2.38 bits per heavy atom. The van der Waals surface area contributed by atoms with E-state index in [0.29, 0.717) is 5.56 Å². The van der Waals surface area contributed by atoms with E-state index in [1.807, 2.05) is 0 Å². The van der Waals surface area contributed by atoms with Crippen LogP contribution in [0.2, 0.25) is 0 Å². The number of nitrogens with two attached hydrogens (primary N) is 1. The topological polar surface area (TPSA) is 62.0 Å². The molecule has 3 nitrogen and oxygen atoms in total. The number of aromatic nitrogens is 1. The maximum absolute atomic E-state index is 9.34. The highest BCUT2D eigenvalue weighted by Gasteiger charge is 2.02. The highest BCUT2D eigenvalue weighted by atomic mass is 16.3. The monoisotopic (exact) mass is 179 g/mol. The van der Waals surface area contributed by atoms with Crippen molar-refractivity contribution < 1.29 is 7.85 Å². The minimum absolute atomic E-state index is 0.147. The molecule has 2 atom stereocenters. The molecular formula is C10H12N2O. The summed E-state index contributed by atoms with van der Waals surface area (Å²) in [7, 11) is 0. The summed E-state index contributed by atoms with van der Waals surface area (Å²) in [6.45, 7) is -0.980. The maximum Gasteiger partial charge on any atom is 0.116 e. The second kappa shape index (κ2) is 3.11. The first-order valence-electron chi connectivity index (χ1n) is 5.15. The number of aromatic amines is 1. The zero-order valence-electron chi connectivity index (χ0n) is 8.99. The van der Waals surface area contributed by atoms with Gasteiger partial charge in [0.25, 0.3) is 0 Å². The number of phenols is 1. The molecular weight excluding hydrogens is 165 g/mol. The smallest absolute Gasteiger partial charge is 0.116 e. The molecule has 68 valence electrons. The Balaban J connectivity index is 2.56. The van der Waals surface area contributed by atoms with Crippen LogP contribution in [-0.2, 0) is 6.40 Å². The van der Waals surface area contributed by atoms with Crippen molar-refractivity contribution in [3.8, 4) is 5.75 Å². The van der Waals surface area contributed by atoms with Gasteiger partial charge < -0.3 is 15.8 Å². The van der Waals surface area contributed by atoms with E-state index in [4.69, 9.17) is 8.48 Å². The van der Waals surface area contributed by atoms with Crippen molar-refractivity contribution in [2.45, 2.75) is 6.40 Å². The Labute approximate surface area is 79.0 Å². The number of hydrogen-bond acceptors (Lipinski definition) is 2. The molecule has 13 heavy (non-hydrogen) atoms. The summed E-state index contributed by atoms with van der Waals surface area (Å²) in [6.07, 6.45) is 0.858. The summed E-state index contributed by atoms with van der Waals surface area (Å²) in [5.41, 5.74) is 6.84. The van der Waals surface area contributed by atoms with Gasteiger partial charge in [-0.15, -0.1) is 0 Å². The lowest BCUT2D eigenvalue weighted by atomic mass is 10.1. The normalized spacial score (nSPS) is 17.9. The SMILES string of the molecule is [2H]C(c1c[nH]c2ccc(O)cc12)[13CH]([2H])N. The Morgan fingerprint density at radius 3 is 3.15 bits per heavy atom. The number of benzene rings is 1. The van der Waals surface area contributed by atoms with Gasteiger partial charge in [-0.1, -0.05) is 0 Å². The van der Waals surface area contributed by atoms with Crippen LogP contribution in [0, 0.1) is 0 Å². The summed E-state index contributed by atoms with van der Waals surface area (Å²) in [6, 6.07) is 4.88. The Morgan fingerprint density at radius 1 is 1.54 bits per heavy atom. The van der Waals surface area contributed by atoms with Gasteiger partial charge >= 0.3 is 0 Å². The minimum Gasteiger partial charge on any atom is -0.508 e. The predicted molar refractivity (Wildman–Crippen MR) is 52.7 cm³/mol. The van der Waals surface area contributed by atoms with E-state index in [9.17, 15) is 5.11 Å². The number of nitrogens with one attached hydrogen (secondary N) is 1. The van der Waals surface area contributed by atoms with Crippen molar-refractivity contribution in [3.05, 3.63) is 30.0 Å². The van der Waals surface area contributed by atoms with Crippen LogP contribution in [0.15, 0.2) is 24.4 Å². The molecule has 0 saturated heterocycles. The van der Waals surface area contributed by atoms with E-state index >= 15 is 0 Å². The van der Waals surface area contributed by atoms with Gasteiger partial charge in [0.05, 0.1) is 0 Å². The predicted octanol–water partition coefficient (Wildman–Crippen LogP) is 1.37. The largest absolute Gasteiger partial charge is 0.508 e. The Bertz CT molecular complexity index is 481. The summed E-state index contributed by atoms with van der Waals surface area (Å²) in [5, 5.41) is 10.1. The van der Waals surface area contributed by atoms with Crippen LogP contribution < -0.4 is 5.73 Å². The van der Waals surface area contributed by atoms with E-state index in [1.165, 1.54) is 0 Å². The van der Waals surface area contributed by atoms with Crippen LogP contribution in [0.5, 0.6) is 5.75 Å². The van der Waals surface area contributed by atoms with Crippen molar-refractivity contribution >= 4 is 10.9 Å². The van der Waals surface area contributed by atoms with Gasteiger partial charge in [0.2, 0.25) is 0 Å². The second-order valence-corrected chi connectivity index (χ2v) is 2.83. The molecule has 0 aliphatic rings. The molecule has 1 aromatic heterocycles. The van der Waals surface area contributed by atoms with Gasteiger partial charge in [-0.25, -0.2) is 0 Å². The lowest BCUT2D eigenvalue weighted by Gasteiger charge is -1.96. The minimum atomic E-state index is -0.980. The summed E-state index contributed by atoms with van der Waals surface area (Å²) in [5.74, 6) is 0.147.